The zero-order chi connectivity index (χ0) is 10.5. The number of rotatable bonds is 2. The van der Waals surface area contributed by atoms with Crippen LogP contribution in [-0.2, 0) is 27.9 Å². The van der Waals surface area contributed by atoms with Crippen molar-refractivity contribution in [2.75, 3.05) is 7.11 Å². The van der Waals surface area contributed by atoms with Crippen LogP contribution in [0.1, 0.15) is 30.9 Å². The summed E-state index contributed by atoms with van der Waals surface area (Å²) < 4.78 is 6.93. The fourth-order valence-corrected chi connectivity index (χ4v) is 2.34. The molecule has 0 unspecified atom stereocenters. The molecule has 1 aromatic rings. The first kappa shape index (κ1) is 8.88. The van der Waals surface area contributed by atoms with E-state index in [0.29, 0.717) is 0 Å². The van der Waals surface area contributed by atoms with Gasteiger partial charge in [0.15, 0.2) is 5.82 Å². The molecule has 1 saturated carbocycles. The summed E-state index contributed by atoms with van der Waals surface area (Å²) >= 11 is 0. The first-order chi connectivity index (χ1) is 7.28. The van der Waals surface area contributed by atoms with Gasteiger partial charge in [0.05, 0.1) is 7.11 Å². The van der Waals surface area contributed by atoms with Gasteiger partial charge in [-0.2, -0.15) is 0 Å². The maximum atomic E-state index is 11.7. The summed E-state index contributed by atoms with van der Waals surface area (Å²) in [5.74, 6) is 1.67. The molecule has 0 aromatic carbocycles. The molecule has 5 nitrogen and oxygen atoms in total. The van der Waals surface area contributed by atoms with E-state index in [-0.39, 0.29) is 5.97 Å². The van der Waals surface area contributed by atoms with Gasteiger partial charge in [-0.1, -0.05) is 0 Å². The van der Waals surface area contributed by atoms with Crippen molar-refractivity contribution >= 4 is 5.97 Å². The van der Waals surface area contributed by atoms with Crippen LogP contribution in [0.15, 0.2) is 0 Å². The third kappa shape index (κ3) is 1.06. The second kappa shape index (κ2) is 2.81. The predicted octanol–water partition coefficient (Wildman–Crippen LogP) is 0.429. The van der Waals surface area contributed by atoms with Gasteiger partial charge in [0.1, 0.15) is 11.2 Å². The summed E-state index contributed by atoms with van der Waals surface area (Å²) in [5, 5.41) is 8.28. The molecule has 0 spiro atoms. The number of nitrogens with zero attached hydrogens (tertiary/aromatic N) is 3. The number of hydrogen-bond acceptors (Lipinski definition) is 4. The Morgan fingerprint density at radius 1 is 1.47 bits per heavy atom. The van der Waals surface area contributed by atoms with Crippen LogP contribution >= 0.6 is 0 Å². The molecule has 15 heavy (non-hydrogen) atoms. The topological polar surface area (TPSA) is 57.0 Å². The average Bonchev–Trinajstić information content (AvgIpc) is 2.74. The molecule has 1 aliphatic heterocycles. The molecule has 1 aliphatic carbocycles. The van der Waals surface area contributed by atoms with Gasteiger partial charge in [-0.3, -0.25) is 4.79 Å². The van der Waals surface area contributed by atoms with Crippen molar-refractivity contribution in [3.05, 3.63) is 11.6 Å². The number of hydrogen-bond donors (Lipinski definition) is 0. The molecular weight excluding hydrogens is 194 g/mol. The second-order valence-electron chi connectivity index (χ2n) is 4.27. The Hall–Kier alpha value is -1.39. The Bertz CT molecular complexity index is 420. The van der Waals surface area contributed by atoms with Crippen molar-refractivity contribution in [3.63, 3.8) is 0 Å². The van der Waals surface area contributed by atoms with Crippen molar-refractivity contribution < 1.29 is 9.53 Å². The Morgan fingerprint density at radius 3 is 2.93 bits per heavy atom. The molecule has 80 valence electrons. The minimum Gasteiger partial charge on any atom is -0.468 e. The fraction of sp³-hybridized carbons (Fsp3) is 0.700. The molecule has 1 aromatic heterocycles. The Kier molecular flexibility index (Phi) is 1.66. The van der Waals surface area contributed by atoms with Gasteiger partial charge in [-0.05, 0) is 19.3 Å². The lowest BCUT2D eigenvalue weighted by atomic mass is 10.1. The fourth-order valence-electron chi connectivity index (χ4n) is 2.34. The number of methoxy groups -OCH3 is 1. The lowest BCUT2D eigenvalue weighted by Crippen LogP contribution is -2.25. The van der Waals surface area contributed by atoms with Crippen molar-refractivity contribution in [1.29, 1.82) is 0 Å². The number of aryl methyl sites for hydroxylation is 1. The molecule has 3 rings (SSSR count). The Morgan fingerprint density at radius 2 is 2.27 bits per heavy atom. The van der Waals surface area contributed by atoms with Gasteiger partial charge in [-0.15, -0.1) is 10.2 Å². The van der Waals surface area contributed by atoms with Crippen LogP contribution in [-0.4, -0.2) is 27.8 Å². The van der Waals surface area contributed by atoms with Crippen LogP contribution in [0.4, 0.5) is 0 Å². The highest BCUT2D eigenvalue weighted by Crippen LogP contribution is 2.48. The molecule has 5 heteroatoms. The normalized spacial score (nSPS) is 21.1. The SMILES string of the molecule is COC(=O)C1(c2nnc3n2CCC3)CC1. The second-order valence-corrected chi connectivity index (χ2v) is 4.27. The highest BCUT2D eigenvalue weighted by molar-refractivity contribution is 5.85. The van der Waals surface area contributed by atoms with E-state index in [2.05, 4.69) is 14.8 Å². The van der Waals surface area contributed by atoms with E-state index >= 15 is 0 Å². The number of carbonyl (C=O) groups excluding carboxylic acids is 1. The average molecular weight is 207 g/mol. The zero-order valence-electron chi connectivity index (χ0n) is 8.69. The molecule has 0 atom stereocenters. The quantitative estimate of drug-likeness (QED) is 0.660. The smallest absolute Gasteiger partial charge is 0.319 e. The van der Waals surface area contributed by atoms with Crippen LogP contribution in [0.2, 0.25) is 0 Å². The summed E-state index contributed by atoms with van der Waals surface area (Å²) in [6.07, 6.45) is 3.77. The van der Waals surface area contributed by atoms with Crippen molar-refractivity contribution in [1.82, 2.24) is 14.8 Å². The van der Waals surface area contributed by atoms with Crippen molar-refractivity contribution in [2.24, 2.45) is 0 Å². The van der Waals surface area contributed by atoms with Crippen LogP contribution in [0.3, 0.4) is 0 Å². The van der Waals surface area contributed by atoms with Crippen LogP contribution in [0.5, 0.6) is 0 Å². The van der Waals surface area contributed by atoms with Gasteiger partial charge < -0.3 is 9.30 Å². The molecule has 2 aliphatic rings. The van der Waals surface area contributed by atoms with Gasteiger partial charge in [0.2, 0.25) is 0 Å². The first-order valence-corrected chi connectivity index (χ1v) is 5.29. The van der Waals surface area contributed by atoms with Crippen LogP contribution in [0, 0.1) is 0 Å². The standard InChI is InChI=1S/C10H13N3O2/c1-15-9(14)10(4-5-10)8-12-11-7-3-2-6-13(7)8/h2-6H2,1H3. The highest BCUT2D eigenvalue weighted by atomic mass is 16.5. The third-order valence-electron chi connectivity index (χ3n) is 3.36. The van der Waals surface area contributed by atoms with E-state index in [4.69, 9.17) is 4.74 Å². The summed E-state index contributed by atoms with van der Waals surface area (Å²) in [6, 6.07) is 0. The largest absolute Gasteiger partial charge is 0.468 e. The maximum Gasteiger partial charge on any atom is 0.319 e. The van der Waals surface area contributed by atoms with Gasteiger partial charge in [0, 0.05) is 13.0 Å². The number of aromatic nitrogens is 3. The van der Waals surface area contributed by atoms with E-state index in [1.165, 1.54) is 7.11 Å². The molecule has 0 amide bonds. The molecule has 0 bridgehead atoms. The lowest BCUT2D eigenvalue weighted by Gasteiger charge is -2.11. The summed E-state index contributed by atoms with van der Waals surface area (Å²) in [4.78, 5) is 11.7. The van der Waals surface area contributed by atoms with E-state index in [1.54, 1.807) is 0 Å². The number of fused-ring (bicyclic) bond motifs is 1. The molecule has 1 fully saturated rings. The van der Waals surface area contributed by atoms with Crippen LogP contribution < -0.4 is 0 Å². The minimum absolute atomic E-state index is 0.162. The third-order valence-corrected chi connectivity index (χ3v) is 3.36. The molecular formula is C10H13N3O2. The van der Waals surface area contributed by atoms with Crippen LogP contribution in [0.25, 0.3) is 0 Å². The Balaban J connectivity index is 2.03. The van der Waals surface area contributed by atoms with E-state index in [0.717, 1.165) is 43.9 Å². The van der Waals surface area contributed by atoms with Gasteiger partial charge in [-0.25, -0.2) is 0 Å². The molecule has 0 radical (unpaired) electrons. The van der Waals surface area contributed by atoms with E-state index in [1.807, 2.05) is 0 Å². The highest BCUT2D eigenvalue weighted by Gasteiger charge is 2.56. The van der Waals surface area contributed by atoms with E-state index in [9.17, 15) is 4.79 Å². The van der Waals surface area contributed by atoms with E-state index < -0.39 is 5.41 Å². The van der Waals surface area contributed by atoms with Gasteiger partial charge in [0.25, 0.3) is 0 Å². The van der Waals surface area contributed by atoms with Gasteiger partial charge >= 0.3 is 5.97 Å². The number of esters is 1. The lowest BCUT2D eigenvalue weighted by molar-refractivity contribution is -0.144. The first-order valence-electron chi connectivity index (χ1n) is 5.29. The molecule has 0 N–H and O–H groups in total. The number of carbonyl (C=O) groups is 1. The minimum atomic E-state index is -0.468. The summed E-state index contributed by atoms with van der Waals surface area (Å²) in [6.45, 7) is 0.941. The number of ether oxygens (including phenoxy) is 1. The zero-order valence-corrected chi connectivity index (χ0v) is 8.69. The predicted molar refractivity (Wildman–Crippen MR) is 51.3 cm³/mol. The van der Waals surface area contributed by atoms with Crippen molar-refractivity contribution in [2.45, 2.75) is 37.6 Å². The monoisotopic (exact) mass is 207 g/mol. The maximum absolute atomic E-state index is 11.7. The summed E-state index contributed by atoms with van der Waals surface area (Å²) in [5.41, 5.74) is -0.468. The molecule has 0 saturated heterocycles. The molecule has 2 heterocycles. The Labute approximate surface area is 87.4 Å². The summed E-state index contributed by atoms with van der Waals surface area (Å²) in [7, 11) is 1.43. The van der Waals surface area contributed by atoms with Crippen molar-refractivity contribution in [3.8, 4) is 0 Å².